The first kappa shape index (κ1) is 16.8. The standard InChI is InChI=1S/C19H27N3O3/c1-23-14-18-19-16(4-7-21(18)13-17-3-2-8-25-17)11-20-22(19)12-15-5-9-24-10-6-15/h2-3,8,11,15,18H,4-7,9-10,12-14H2,1H3/t18-/m1/s1. The summed E-state index contributed by atoms with van der Waals surface area (Å²) in [5, 5.41) is 4.73. The molecule has 2 aromatic heterocycles. The minimum absolute atomic E-state index is 0.223. The lowest BCUT2D eigenvalue weighted by atomic mass is 9.97. The third-order valence-corrected chi connectivity index (χ3v) is 5.42. The predicted octanol–water partition coefficient (Wildman–Crippen LogP) is 2.65. The van der Waals surface area contributed by atoms with Crippen molar-refractivity contribution in [1.82, 2.24) is 14.7 Å². The lowest BCUT2D eigenvalue weighted by Crippen LogP contribution is -2.38. The first-order valence-electron chi connectivity index (χ1n) is 9.23. The zero-order chi connectivity index (χ0) is 17.1. The van der Waals surface area contributed by atoms with Crippen LogP contribution in [0.1, 0.15) is 35.9 Å². The molecular formula is C19H27N3O3. The van der Waals surface area contributed by atoms with Crippen molar-refractivity contribution in [3.63, 3.8) is 0 Å². The second kappa shape index (κ2) is 7.72. The second-order valence-corrected chi connectivity index (χ2v) is 7.06. The summed E-state index contributed by atoms with van der Waals surface area (Å²) in [4.78, 5) is 2.45. The Labute approximate surface area is 148 Å². The molecule has 0 aliphatic carbocycles. The second-order valence-electron chi connectivity index (χ2n) is 7.06. The van der Waals surface area contributed by atoms with E-state index in [9.17, 15) is 0 Å². The fourth-order valence-corrected chi connectivity index (χ4v) is 4.06. The molecule has 6 heteroatoms. The van der Waals surface area contributed by atoms with E-state index < -0.39 is 0 Å². The van der Waals surface area contributed by atoms with Crippen LogP contribution in [-0.2, 0) is 29.0 Å². The van der Waals surface area contributed by atoms with Gasteiger partial charge in [-0.05, 0) is 42.9 Å². The van der Waals surface area contributed by atoms with Gasteiger partial charge in [-0.1, -0.05) is 0 Å². The number of nitrogens with zero attached hydrogens (tertiary/aromatic N) is 3. The van der Waals surface area contributed by atoms with Crippen LogP contribution in [0.4, 0.5) is 0 Å². The molecule has 1 atom stereocenters. The Bertz CT molecular complexity index is 662. The normalized spacial score (nSPS) is 22.2. The highest BCUT2D eigenvalue weighted by molar-refractivity contribution is 5.25. The summed E-state index contributed by atoms with van der Waals surface area (Å²) in [6.07, 6.45) is 7.08. The Morgan fingerprint density at radius 3 is 2.96 bits per heavy atom. The summed E-state index contributed by atoms with van der Waals surface area (Å²) >= 11 is 0. The van der Waals surface area contributed by atoms with Gasteiger partial charge < -0.3 is 13.9 Å². The largest absolute Gasteiger partial charge is 0.468 e. The van der Waals surface area contributed by atoms with Crippen molar-refractivity contribution in [2.75, 3.05) is 33.5 Å². The van der Waals surface area contributed by atoms with E-state index in [1.54, 1.807) is 13.4 Å². The van der Waals surface area contributed by atoms with Crippen molar-refractivity contribution in [3.8, 4) is 0 Å². The van der Waals surface area contributed by atoms with Gasteiger partial charge in [-0.3, -0.25) is 9.58 Å². The Kier molecular flexibility index (Phi) is 5.20. The molecule has 2 aliphatic rings. The monoisotopic (exact) mass is 345 g/mol. The molecule has 0 amide bonds. The summed E-state index contributed by atoms with van der Waals surface area (Å²) < 4.78 is 18.9. The molecule has 2 aliphatic heterocycles. The summed E-state index contributed by atoms with van der Waals surface area (Å²) in [6.45, 7) is 5.22. The maximum Gasteiger partial charge on any atom is 0.117 e. The Morgan fingerprint density at radius 1 is 1.32 bits per heavy atom. The lowest BCUT2D eigenvalue weighted by Gasteiger charge is -2.36. The van der Waals surface area contributed by atoms with Gasteiger partial charge in [-0.2, -0.15) is 5.10 Å². The van der Waals surface area contributed by atoms with Crippen LogP contribution in [0.5, 0.6) is 0 Å². The van der Waals surface area contributed by atoms with Gasteiger partial charge in [-0.15, -0.1) is 0 Å². The topological polar surface area (TPSA) is 52.7 Å². The van der Waals surface area contributed by atoms with E-state index in [-0.39, 0.29) is 6.04 Å². The molecule has 6 nitrogen and oxygen atoms in total. The SMILES string of the molecule is COC[C@@H]1c2c(cnn2CC2CCOCC2)CCN1Cc1ccco1. The van der Waals surface area contributed by atoms with Crippen molar-refractivity contribution >= 4 is 0 Å². The Balaban J connectivity index is 1.56. The summed E-state index contributed by atoms with van der Waals surface area (Å²) in [6, 6.07) is 4.21. The number of rotatable bonds is 6. The average molecular weight is 345 g/mol. The van der Waals surface area contributed by atoms with E-state index in [0.29, 0.717) is 12.5 Å². The first-order chi connectivity index (χ1) is 12.3. The van der Waals surface area contributed by atoms with Crippen LogP contribution in [0.25, 0.3) is 0 Å². The molecule has 0 spiro atoms. The van der Waals surface area contributed by atoms with E-state index in [4.69, 9.17) is 19.0 Å². The lowest BCUT2D eigenvalue weighted by molar-refractivity contribution is 0.0534. The molecule has 4 heterocycles. The molecule has 0 radical (unpaired) electrons. The number of methoxy groups -OCH3 is 1. The number of furan rings is 1. The van der Waals surface area contributed by atoms with Crippen LogP contribution in [0.3, 0.4) is 0 Å². The van der Waals surface area contributed by atoms with Crippen LogP contribution in [0.15, 0.2) is 29.0 Å². The number of fused-ring (bicyclic) bond motifs is 1. The summed E-state index contributed by atoms with van der Waals surface area (Å²) in [7, 11) is 1.78. The number of ether oxygens (including phenoxy) is 2. The quantitative estimate of drug-likeness (QED) is 0.806. The van der Waals surface area contributed by atoms with E-state index in [1.807, 2.05) is 12.1 Å². The van der Waals surface area contributed by atoms with Gasteiger partial charge in [0.2, 0.25) is 0 Å². The molecule has 0 N–H and O–H groups in total. The van der Waals surface area contributed by atoms with Gasteiger partial charge in [0.25, 0.3) is 0 Å². The highest BCUT2D eigenvalue weighted by Gasteiger charge is 2.32. The number of hydrogen-bond acceptors (Lipinski definition) is 5. The maximum atomic E-state index is 5.57. The van der Waals surface area contributed by atoms with Gasteiger partial charge in [0.15, 0.2) is 0 Å². The Hall–Kier alpha value is -1.63. The molecule has 0 aromatic carbocycles. The molecule has 136 valence electrons. The molecular weight excluding hydrogens is 318 g/mol. The van der Waals surface area contributed by atoms with Crippen LogP contribution < -0.4 is 0 Å². The summed E-state index contributed by atoms with van der Waals surface area (Å²) in [5.41, 5.74) is 2.69. The third-order valence-electron chi connectivity index (χ3n) is 5.42. The first-order valence-corrected chi connectivity index (χ1v) is 9.23. The zero-order valence-corrected chi connectivity index (χ0v) is 14.9. The van der Waals surface area contributed by atoms with E-state index in [2.05, 4.69) is 15.8 Å². The van der Waals surface area contributed by atoms with Crippen molar-refractivity contribution < 1.29 is 13.9 Å². The zero-order valence-electron chi connectivity index (χ0n) is 14.9. The van der Waals surface area contributed by atoms with E-state index >= 15 is 0 Å². The fraction of sp³-hybridized carbons (Fsp3) is 0.632. The smallest absolute Gasteiger partial charge is 0.117 e. The highest BCUT2D eigenvalue weighted by atomic mass is 16.5. The van der Waals surface area contributed by atoms with Gasteiger partial charge >= 0.3 is 0 Å². The predicted molar refractivity (Wildman–Crippen MR) is 93.2 cm³/mol. The molecule has 1 fully saturated rings. The van der Waals surface area contributed by atoms with Crippen molar-refractivity contribution in [1.29, 1.82) is 0 Å². The van der Waals surface area contributed by atoms with Gasteiger partial charge in [0, 0.05) is 33.4 Å². The average Bonchev–Trinajstić information content (AvgIpc) is 3.28. The molecule has 4 rings (SSSR count). The van der Waals surface area contributed by atoms with Gasteiger partial charge in [-0.25, -0.2) is 0 Å². The molecule has 0 bridgehead atoms. The molecule has 25 heavy (non-hydrogen) atoms. The van der Waals surface area contributed by atoms with Gasteiger partial charge in [0.1, 0.15) is 5.76 Å². The van der Waals surface area contributed by atoms with Crippen LogP contribution in [0, 0.1) is 5.92 Å². The van der Waals surface area contributed by atoms with Gasteiger partial charge in [0.05, 0.1) is 37.3 Å². The van der Waals surface area contributed by atoms with Crippen molar-refractivity contribution in [3.05, 3.63) is 41.6 Å². The third kappa shape index (κ3) is 3.66. The van der Waals surface area contributed by atoms with Crippen LogP contribution in [-0.4, -0.2) is 48.2 Å². The van der Waals surface area contributed by atoms with E-state index in [1.165, 1.54) is 11.3 Å². The summed E-state index contributed by atoms with van der Waals surface area (Å²) in [5.74, 6) is 1.65. The molecule has 0 unspecified atom stereocenters. The fourth-order valence-electron chi connectivity index (χ4n) is 4.06. The minimum Gasteiger partial charge on any atom is -0.468 e. The van der Waals surface area contributed by atoms with Crippen LogP contribution in [0.2, 0.25) is 0 Å². The number of hydrogen-bond donors (Lipinski definition) is 0. The molecule has 2 aromatic rings. The van der Waals surface area contributed by atoms with Crippen molar-refractivity contribution in [2.24, 2.45) is 5.92 Å². The highest BCUT2D eigenvalue weighted by Crippen LogP contribution is 2.32. The maximum absolute atomic E-state index is 5.57. The number of aromatic nitrogens is 2. The Morgan fingerprint density at radius 2 is 2.20 bits per heavy atom. The molecule has 0 saturated carbocycles. The molecule has 1 saturated heterocycles. The van der Waals surface area contributed by atoms with Crippen LogP contribution >= 0.6 is 0 Å². The minimum atomic E-state index is 0.223. The van der Waals surface area contributed by atoms with Crippen molar-refractivity contribution in [2.45, 2.75) is 38.4 Å². The van der Waals surface area contributed by atoms with E-state index in [0.717, 1.165) is 57.9 Å².